The van der Waals surface area contributed by atoms with Gasteiger partial charge in [-0.25, -0.2) is 4.79 Å². The number of urea groups is 1. The van der Waals surface area contributed by atoms with Crippen LogP contribution in [0.15, 0.2) is 24.3 Å². The molecule has 0 atom stereocenters. The Morgan fingerprint density at radius 1 is 1.43 bits per heavy atom. The molecule has 1 rings (SSSR count). The van der Waals surface area contributed by atoms with E-state index in [2.05, 4.69) is 0 Å². The summed E-state index contributed by atoms with van der Waals surface area (Å²) in [6.07, 6.45) is 0.845. The van der Waals surface area contributed by atoms with Crippen LogP contribution >= 0.6 is 0 Å². The molecule has 0 saturated heterocycles. The molecule has 1 aromatic carbocycles. The van der Waals surface area contributed by atoms with Gasteiger partial charge in [-0.1, -0.05) is 19.1 Å². The zero-order chi connectivity index (χ0) is 10.6. The van der Waals surface area contributed by atoms with E-state index in [4.69, 9.17) is 11.5 Å². The van der Waals surface area contributed by atoms with Crippen molar-refractivity contribution >= 4 is 17.4 Å². The first-order valence-electron chi connectivity index (χ1n) is 4.58. The molecule has 76 valence electrons. The Balaban J connectivity index is 2.99. The van der Waals surface area contributed by atoms with E-state index in [-0.39, 0.29) is 0 Å². The minimum Gasteiger partial charge on any atom is -0.397 e. The maximum Gasteiger partial charge on any atom is 0.319 e. The number of carbonyl (C=O) groups excluding carboxylic acids is 1. The van der Waals surface area contributed by atoms with Gasteiger partial charge in [0.1, 0.15) is 0 Å². The SMILES string of the molecule is CCCN(C(N)=O)c1ccccc1N. The number of rotatable bonds is 3. The third kappa shape index (κ3) is 2.16. The van der Waals surface area contributed by atoms with Gasteiger partial charge in [0, 0.05) is 6.54 Å². The first-order valence-corrected chi connectivity index (χ1v) is 4.58. The topological polar surface area (TPSA) is 72.3 Å². The zero-order valence-electron chi connectivity index (χ0n) is 8.23. The van der Waals surface area contributed by atoms with E-state index in [1.165, 1.54) is 4.90 Å². The number of nitrogens with zero attached hydrogens (tertiary/aromatic N) is 1. The number of carbonyl (C=O) groups is 1. The number of nitrogen functional groups attached to an aromatic ring is 1. The molecule has 0 heterocycles. The molecule has 0 radical (unpaired) electrons. The normalized spacial score (nSPS) is 9.79. The van der Waals surface area contributed by atoms with E-state index >= 15 is 0 Å². The van der Waals surface area contributed by atoms with Gasteiger partial charge in [-0.2, -0.15) is 0 Å². The van der Waals surface area contributed by atoms with Gasteiger partial charge in [-0.15, -0.1) is 0 Å². The molecule has 0 aliphatic carbocycles. The predicted octanol–water partition coefficient (Wildman–Crippen LogP) is 1.56. The van der Waals surface area contributed by atoms with E-state index in [0.717, 1.165) is 6.42 Å². The van der Waals surface area contributed by atoms with Crippen LogP contribution in [0.3, 0.4) is 0 Å². The van der Waals surface area contributed by atoms with Gasteiger partial charge in [-0.3, -0.25) is 4.90 Å². The smallest absolute Gasteiger partial charge is 0.319 e. The van der Waals surface area contributed by atoms with Crippen LogP contribution in [0.5, 0.6) is 0 Å². The van der Waals surface area contributed by atoms with Gasteiger partial charge in [-0.05, 0) is 18.6 Å². The fourth-order valence-corrected chi connectivity index (χ4v) is 1.31. The number of nitrogens with two attached hydrogens (primary N) is 2. The summed E-state index contributed by atoms with van der Waals surface area (Å²) in [5.74, 6) is 0. The van der Waals surface area contributed by atoms with Crippen LogP contribution in [0.4, 0.5) is 16.2 Å². The highest BCUT2D eigenvalue weighted by Gasteiger charge is 2.12. The molecule has 0 bridgehead atoms. The molecule has 1 aromatic rings. The summed E-state index contributed by atoms with van der Waals surface area (Å²) in [6.45, 7) is 2.57. The van der Waals surface area contributed by atoms with E-state index in [1.807, 2.05) is 19.1 Å². The second-order valence-corrected chi connectivity index (χ2v) is 3.05. The summed E-state index contributed by atoms with van der Waals surface area (Å²) < 4.78 is 0. The van der Waals surface area contributed by atoms with Gasteiger partial charge in [0.25, 0.3) is 0 Å². The second-order valence-electron chi connectivity index (χ2n) is 3.05. The van der Waals surface area contributed by atoms with Crippen molar-refractivity contribution in [2.45, 2.75) is 13.3 Å². The number of anilines is 2. The molecule has 0 aliphatic rings. The number of para-hydroxylation sites is 2. The minimum atomic E-state index is -0.468. The molecule has 14 heavy (non-hydrogen) atoms. The lowest BCUT2D eigenvalue weighted by Gasteiger charge is -2.21. The first-order chi connectivity index (χ1) is 6.66. The van der Waals surface area contributed by atoms with E-state index in [9.17, 15) is 4.79 Å². The molecular weight excluding hydrogens is 178 g/mol. The molecule has 0 fully saturated rings. The van der Waals surface area contributed by atoms with Crippen molar-refractivity contribution in [1.29, 1.82) is 0 Å². The molecule has 0 saturated carbocycles. The van der Waals surface area contributed by atoms with E-state index in [1.54, 1.807) is 12.1 Å². The molecular formula is C10H15N3O. The number of hydrogen-bond donors (Lipinski definition) is 2. The van der Waals surface area contributed by atoms with E-state index < -0.39 is 6.03 Å². The van der Waals surface area contributed by atoms with Gasteiger partial charge in [0.15, 0.2) is 0 Å². The predicted molar refractivity (Wildman–Crippen MR) is 58.1 cm³/mol. The maximum absolute atomic E-state index is 11.1. The summed E-state index contributed by atoms with van der Waals surface area (Å²) in [4.78, 5) is 12.6. The van der Waals surface area contributed by atoms with Crippen molar-refractivity contribution < 1.29 is 4.79 Å². The Hall–Kier alpha value is -1.71. The third-order valence-electron chi connectivity index (χ3n) is 1.94. The first kappa shape index (κ1) is 10.4. The molecule has 4 nitrogen and oxygen atoms in total. The van der Waals surface area contributed by atoms with E-state index in [0.29, 0.717) is 17.9 Å². The van der Waals surface area contributed by atoms with Crippen molar-refractivity contribution in [3.63, 3.8) is 0 Å². The standard InChI is InChI=1S/C10H15N3O/c1-2-7-13(10(12)14)9-6-4-3-5-8(9)11/h3-6H,2,7,11H2,1H3,(H2,12,14). The largest absolute Gasteiger partial charge is 0.397 e. The average Bonchev–Trinajstić information content (AvgIpc) is 2.15. The van der Waals surface area contributed by atoms with Gasteiger partial charge >= 0.3 is 6.03 Å². The molecule has 4 N–H and O–H groups in total. The lowest BCUT2D eigenvalue weighted by molar-refractivity contribution is 0.254. The Morgan fingerprint density at radius 3 is 2.57 bits per heavy atom. The Bertz CT molecular complexity index is 325. The maximum atomic E-state index is 11.1. The minimum absolute atomic E-state index is 0.468. The monoisotopic (exact) mass is 193 g/mol. The summed E-state index contributed by atoms with van der Waals surface area (Å²) in [7, 11) is 0. The van der Waals surface area contributed by atoms with Crippen LogP contribution in [0.1, 0.15) is 13.3 Å². The number of hydrogen-bond acceptors (Lipinski definition) is 2. The third-order valence-corrected chi connectivity index (χ3v) is 1.94. The van der Waals surface area contributed by atoms with Gasteiger partial charge in [0.05, 0.1) is 11.4 Å². The van der Waals surface area contributed by atoms with Crippen LogP contribution in [0, 0.1) is 0 Å². The van der Waals surface area contributed by atoms with Crippen molar-refractivity contribution in [3.8, 4) is 0 Å². The van der Waals surface area contributed by atoms with Crippen LogP contribution in [-0.4, -0.2) is 12.6 Å². The highest BCUT2D eigenvalue weighted by atomic mass is 16.2. The lowest BCUT2D eigenvalue weighted by Crippen LogP contribution is -2.36. The van der Waals surface area contributed by atoms with Crippen LogP contribution < -0.4 is 16.4 Å². The van der Waals surface area contributed by atoms with Gasteiger partial charge < -0.3 is 11.5 Å². The fraction of sp³-hybridized carbons (Fsp3) is 0.300. The second kappa shape index (κ2) is 4.50. The molecule has 4 heteroatoms. The quantitative estimate of drug-likeness (QED) is 0.715. The summed E-state index contributed by atoms with van der Waals surface area (Å²) in [5, 5.41) is 0. The van der Waals surface area contributed by atoms with Crippen molar-refractivity contribution in [1.82, 2.24) is 0 Å². The zero-order valence-corrected chi connectivity index (χ0v) is 8.23. The molecule has 0 aromatic heterocycles. The Morgan fingerprint density at radius 2 is 2.07 bits per heavy atom. The van der Waals surface area contributed by atoms with Crippen molar-refractivity contribution in [3.05, 3.63) is 24.3 Å². The Labute approximate surface area is 83.5 Å². The lowest BCUT2D eigenvalue weighted by atomic mass is 10.2. The molecule has 0 unspecified atom stereocenters. The Kier molecular flexibility index (Phi) is 3.34. The van der Waals surface area contributed by atoms with Crippen LogP contribution in [0.2, 0.25) is 0 Å². The number of primary amides is 1. The van der Waals surface area contributed by atoms with Gasteiger partial charge in [0.2, 0.25) is 0 Å². The summed E-state index contributed by atoms with van der Waals surface area (Å²) >= 11 is 0. The molecule has 0 spiro atoms. The van der Waals surface area contributed by atoms with Crippen molar-refractivity contribution in [2.75, 3.05) is 17.2 Å². The number of benzene rings is 1. The molecule has 2 amide bonds. The molecule has 0 aliphatic heterocycles. The van der Waals surface area contributed by atoms with Crippen molar-refractivity contribution in [2.24, 2.45) is 5.73 Å². The van der Waals surface area contributed by atoms with Crippen LogP contribution in [-0.2, 0) is 0 Å². The summed E-state index contributed by atoms with van der Waals surface area (Å²) in [6, 6.07) is 6.72. The highest BCUT2D eigenvalue weighted by molar-refractivity contribution is 5.93. The van der Waals surface area contributed by atoms with Crippen LogP contribution in [0.25, 0.3) is 0 Å². The average molecular weight is 193 g/mol. The summed E-state index contributed by atoms with van der Waals surface area (Å²) in [5.41, 5.74) is 12.2. The number of amides is 2. The highest BCUT2D eigenvalue weighted by Crippen LogP contribution is 2.22. The fourth-order valence-electron chi connectivity index (χ4n) is 1.31.